The van der Waals surface area contributed by atoms with Crippen molar-refractivity contribution in [1.29, 1.82) is 0 Å². The van der Waals surface area contributed by atoms with Gasteiger partial charge in [-0.2, -0.15) is 0 Å². The van der Waals surface area contributed by atoms with E-state index in [1.165, 1.54) is 47.9 Å². The monoisotopic (exact) mass is 356 g/mol. The topological polar surface area (TPSA) is 20.2 Å². The molecule has 0 radical (unpaired) electrons. The first-order chi connectivity index (χ1) is 11.7. The van der Waals surface area contributed by atoms with Crippen LogP contribution in [0.5, 0.6) is 0 Å². The van der Waals surface area contributed by atoms with Crippen LogP contribution in [0.3, 0.4) is 0 Å². The van der Waals surface area contributed by atoms with Crippen LogP contribution in [-0.2, 0) is 25.7 Å². The van der Waals surface area contributed by atoms with Crippen LogP contribution < -0.4 is 10.6 Å². The SMILES string of the molecule is OC(c1c(P)ccc2c1CCCC2)c1c(P)ccc2c1CCCC2. The minimum Gasteiger partial charge on any atom is -0.384 e. The quantitative estimate of drug-likeness (QED) is 0.817. The zero-order valence-electron chi connectivity index (χ0n) is 14.1. The van der Waals surface area contributed by atoms with Gasteiger partial charge in [0.25, 0.3) is 0 Å². The first kappa shape index (κ1) is 16.7. The fourth-order valence-corrected chi connectivity index (χ4v) is 5.40. The van der Waals surface area contributed by atoms with Crippen molar-refractivity contribution in [1.82, 2.24) is 0 Å². The van der Waals surface area contributed by atoms with Gasteiger partial charge in [-0.15, -0.1) is 18.5 Å². The zero-order valence-corrected chi connectivity index (χ0v) is 16.5. The molecule has 0 fully saturated rings. The second-order valence-corrected chi connectivity index (χ2v) is 8.47. The van der Waals surface area contributed by atoms with E-state index in [2.05, 4.69) is 42.7 Å². The van der Waals surface area contributed by atoms with Crippen molar-refractivity contribution in [2.75, 3.05) is 0 Å². The largest absolute Gasteiger partial charge is 0.384 e. The molecule has 0 heterocycles. The third-order valence-electron chi connectivity index (χ3n) is 5.77. The summed E-state index contributed by atoms with van der Waals surface area (Å²) in [7, 11) is 5.71. The van der Waals surface area contributed by atoms with Gasteiger partial charge in [-0.1, -0.05) is 24.3 Å². The number of rotatable bonds is 2. The van der Waals surface area contributed by atoms with Gasteiger partial charge in [-0.05, 0) is 95.4 Å². The summed E-state index contributed by atoms with van der Waals surface area (Å²) >= 11 is 0. The molecule has 0 spiro atoms. The molecule has 2 aromatic rings. The van der Waals surface area contributed by atoms with E-state index < -0.39 is 6.10 Å². The predicted molar refractivity (Wildman–Crippen MR) is 109 cm³/mol. The highest BCUT2D eigenvalue weighted by atomic mass is 31.0. The molecule has 2 unspecified atom stereocenters. The van der Waals surface area contributed by atoms with Gasteiger partial charge < -0.3 is 5.11 Å². The number of aryl methyl sites for hydroxylation is 2. The lowest BCUT2D eigenvalue weighted by atomic mass is 9.81. The van der Waals surface area contributed by atoms with E-state index in [1.807, 2.05) is 0 Å². The Morgan fingerprint density at radius 3 is 1.54 bits per heavy atom. The van der Waals surface area contributed by atoms with E-state index in [0.717, 1.165) is 47.4 Å². The molecule has 126 valence electrons. The Kier molecular flexibility index (Phi) is 4.79. The Balaban J connectivity index is 1.87. The summed E-state index contributed by atoms with van der Waals surface area (Å²) < 4.78 is 0. The lowest BCUT2D eigenvalue weighted by Crippen LogP contribution is -2.23. The minimum absolute atomic E-state index is 0.508. The van der Waals surface area contributed by atoms with Gasteiger partial charge in [0.05, 0.1) is 0 Å². The molecular formula is C21H26OP2. The van der Waals surface area contributed by atoms with Gasteiger partial charge in [0.2, 0.25) is 0 Å². The number of hydrogen-bond donors (Lipinski definition) is 1. The number of benzene rings is 2. The molecule has 4 rings (SSSR count). The van der Waals surface area contributed by atoms with E-state index >= 15 is 0 Å². The average molecular weight is 356 g/mol. The average Bonchev–Trinajstić information content (AvgIpc) is 2.61. The number of aliphatic hydroxyl groups excluding tert-OH is 1. The third kappa shape index (κ3) is 2.86. The van der Waals surface area contributed by atoms with Crippen molar-refractivity contribution in [3.63, 3.8) is 0 Å². The van der Waals surface area contributed by atoms with E-state index in [0.29, 0.717) is 0 Å². The van der Waals surface area contributed by atoms with Crippen LogP contribution in [0.1, 0.15) is 65.2 Å². The summed E-state index contributed by atoms with van der Waals surface area (Å²) in [5.41, 5.74) is 7.99. The van der Waals surface area contributed by atoms with Crippen LogP contribution in [0.4, 0.5) is 0 Å². The van der Waals surface area contributed by atoms with Crippen molar-refractivity contribution < 1.29 is 5.11 Å². The summed E-state index contributed by atoms with van der Waals surface area (Å²) in [6, 6.07) is 8.86. The Labute approximate surface area is 149 Å². The van der Waals surface area contributed by atoms with Gasteiger partial charge in [-0.25, -0.2) is 0 Å². The summed E-state index contributed by atoms with van der Waals surface area (Å²) in [5, 5.41) is 13.7. The summed E-state index contributed by atoms with van der Waals surface area (Å²) in [6.45, 7) is 0. The van der Waals surface area contributed by atoms with Gasteiger partial charge in [0, 0.05) is 0 Å². The van der Waals surface area contributed by atoms with E-state index in [1.54, 1.807) is 0 Å². The van der Waals surface area contributed by atoms with Crippen LogP contribution in [-0.4, -0.2) is 5.11 Å². The van der Waals surface area contributed by atoms with Crippen molar-refractivity contribution in [3.8, 4) is 0 Å². The molecule has 2 atom stereocenters. The summed E-state index contributed by atoms with van der Waals surface area (Å²) in [5.74, 6) is 0. The summed E-state index contributed by atoms with van der Waals surface area (Å²) in [4.78, 5) is 0. The molecule has 2 aliphatic carbocycles. The Bertz CT molecular complexity index is 716. The minimum atomic E-state index is -0.508. The third-order valence-corrected chi connectivity index (χ3v) is 6.78. The van der Waals surface area contributed by atoms with Crippen LogP contribution in [0, 0.1) is 0 Å². The van der Waals surface area contributed by atoms with Gasteiger partial charge in [0.15, 0.2) is 0 Å². The first-order valence-corrected chi connectivity index (χ1v) is 10.3. The standard InChI is InChI=1S/C21H26OP2/c22-21(19-15-7-3-1-5-13(15)9-11-17(19)23)20-16-8-4-2-6-14(16)10-12-18(20)24/h9-12,21-22H,1-8,23-24H2. The van der Waals surface area contributed by atoms with Gasteiger partial charge in [0.1, 0.15) is 6.10 Å². The highest BCUT2D eigenvalue weighted by Crippen LogP contribution is 2.35. The van der Waals surface area contributed by atoms with Crippen molar-refractivity contribution >= 4 is 29.1 Å². The van der Waals surface area contributed by atoms with Crippen molar-refractivity contribution in [2.45, 2.75) is 57.5 Å². The molecule has 0 aromatic heterocycles. The molecule has 2 aromatic carbocycles. The maximum absolute atomic E-state index is 11.4. The summed E-state index contributed by atoms with van der Waals surface area (Å²) in [6.07, 6.45) is 9.02. The molecule has 1 nitrogen and oxygen atoms in total. The van der Waals surface area contributed by atoms with E-state index in [-0.39, 0.29) is 0 Å². The number of fused-ring (bicyclic) bond motifs is 2. The van der Waals surface area contributed by atoms with Crippen molar-refractivity contribution in [2.24, 2.45) is 0 Å². The molecule has 0 saturated carbocycles. The zero-order chi connectivity index (χ0) is 16.7. The maximum Gasteiger partial charge on any atom is 0.106 e. The highest BCUT2D eigenvalue weighted by molar-refractivity contribution is 7.28. The van der Waals surface area contributed by atoms with Crippen LogP contribution in [0.25, 0.3) is 0 Å². The predicted octanol–water partition coefficient (Wildman–Crippen LogP) is 3.53. The number of aliphatic hydroxyl groups is 1. The first-order valence-electron chi connectivity index (χ1n) is 9.15. The molecule has 3 heteroatoms. The highest BCUT2D eigenvalue weighted by Gasteiger charge is 2.26. The maximum atomic E-state index is 11.4. The second kappa shape index (κ2) is 6.87. The smallest absolute Gasteiger partial charge is 0.106 e. The molecular weight excluding hydrogens is 330 g/mol. The molecule has 2 aliphatic rings. The molecule has 24 heavy (non-hydrogen) atoms. The van der Waals surface area contributed by atoms with E-state index in [4.69, 9.17) is 0 Å². The van der Waals surface area contributed by atoms with Gasteiger partial charge >= 0.3 is 0 Å². The molecule has 0 amide bonds. The lowest BCUT2D eigenvalue weighted by Gasteiger charge is -2.28. The lowest BCUT2D eigenvalue weighted by molar-refractivity contribution is 0.219. The Hall–Kier alpha value is -0.740. The Morgan fingerprint density at radius 2 is 1.08 bits per heavy atom. The normalized spacial score (nSPS) is 16.8. The second-order valence-electron chi connectivity index (χ2n) is 7.23. The number of hydrogen-bond acceptors (Lipinski definition) is 1. The van der Waals surface area contributed by atoms with Crippen molar-refractivity contribution in [3.05, 3.63) is 57.6 Å². The van der Waals surface area contributed by atoms with E-state index in [9.17, 15) is 5.11 Å². The van der Waals surface area contributed by atoms with Crippen LogP contribution in [0.2, 0.25) is 0 Å². The van der Waals surface area contributed by atoms with Gasteiger partial charge in [-0.3, -0.25) is 0 Å². The molecule has 0 aliphatic heterocycles. The fourth-order valence-electron chi connectivity index (χ4n) is 4.54. The van der Waals surface area contributed by atoms with Crippen LogP contribution >= 0.6 is 18.5 Å². The fraction of sp³-hybridized carbons (Fsp3) is 0.429. The molecule has 0 saturated heterocycles. The Morgan fingerprint density at radius 1 is 0.667 bits per heavy atom. The molecule has 0 bridgehead atoms. The molecule has 1 N–H and O–H groups in total. The van der Waals surface area contributed by atoms with Crippen LogP contribution in [0.15, 0.2) is 24.3 Å².